The summed E-state index contributed by atoms with van der Waals surface area (Å²) >= 11 is 0. The molecule has 0 saturated carbocycles. The molecule has 0 heterocycles. The second kappa shape index (κ2) is 5.64. The summed E-state index contributed by atoms with van der Waals surface area (Å²) in [7, 11) is 0. The van der Waals surface area contributed by atoms with Crippen molar-refractivity contribution in [3.05, 3.63) is 48.0 Å². The molecule has 1 nitrogen and oxygen atoms in total. The Hall–Kier alpha value is -1.37. The first kappa shape index (κ1) is 12.7. The zero-order chi connectivity index (χ0) is 12.0. The molecule has 0 aromatic heterocycles. The first-order valence-corrected chi connectivity index (χ1v) is 5.84. The fourth-order valence-corrected chi connectivity index (χ4v) is 1.73. The molecule has 1 rings (SSSR count). The molecular formula is C15H20O. The van der Waals surface area contributed by atoms with Crippen molar-refractivity contribution in [3.63, 3.8) is 0 Å². The lowest BCUT2D eigenvalue weighted by Crippen LogP contribution is -2.07. The van der Waals surface area contributed by atoms with E-state index in [1.807, 2.05) is 36.4 Å². The lowest BCUT2D eigenvalue weighted by Gasteiger charge is -2.18. The zero-order valence-corrected chi connectivity index (χ0v) is 10.4. The van der Waals surface area contributed by atoms with Crippen LogP contribution in [0.5, 0.6) is 0 Å². The van der Waals surface area contributed by atoms with E-state index in [2.05, 4.69) is 20.8 Å². The van der Waals surface area contributed by atoms with Crippen LogP contribution in [0, 0.1) is 5.41 Å². The highest BCUT2D eigenvalue weighted by molar-refractivity contribution is 6.04. The first-order valence-electron chi connectivity index (χ1n) is 5.84. The molecule has 0 N–H and O–H groups in total. The van der Waals surface area contributed by atoms with E-state index in [1.165, 1.54) is 0 Å². The van der Waals surface area contributed by atoms with Gasteiger partial charge in [-0.2, -0.15) is 0 Å². The van der Waals surface area contributed by atoms with Gasteiger partial charge >= 0.3 is 0 Å². The molecule has 86 valence electrons. The molecule has 0 amide bonds. The maximum Gasteiger partial charge on any atom is 0.185 e. The van der Waals surface area contributed by atoms with Gasteiger partial charge in [-0.15, -0.1) is 0 Å². The highest BCUT2D eigenvalue weighted by Gasteiger charge is 2.12. The lowest BCUT2D eigenvalue weighted by molar-refractivity contribution is 0.104. The van der Waals surface area contributed by atoms with Gasteiger partial charge in [0.1, 0.15) is 0 Å². The van der Waals surface area contributed by atoms with Crippen LogP contribution in [0.3, 0.4) is 0 Å². The molecule has 0 spiro atoms. The third-order valence-corrected chi connectivity index (χ3v) is 2.64. The number of allylic oxidation sites excluding steroid dienone is 2. The average Bonchev–Trinajstić information content (AvgIpc) is 2.27. The number of hydrogen-bond acceptors (Lipinski definition) is 1. The van der Waals surface area contributed by atoms with Crippen LogP contribution in [-0.4, -0.2) is 5.78 Å². The molecule has 0 unspecified atom stereocenters. The molecule has 0 atom stereocenters. The summed E-state index contributed by atoms with van der Waals surface area (Å²) in [6.07, 6.45) is 5.96. The molecular weight excluding hydrogens is 196 g/mol. The van der Waals surface area contributed by atoms with Gasteiger partial charge in [-0.3, -0.25) is 4.79 Å². The molecule has 0 saturated heterocycles. The van der Waals surface area contributed by atoms with Crippen molar-refractivity contribution in [2.45, 2.75) is 33.6 Å². The van der Waals surface area contributed by atoms with E-state index < -0.39 is 0 Å². The van der Waals surface area contributed by atoms with E-state index in [0.717, 1.165) is 18.4 Å². The van der Waals surface area contributed by atoms with Gasteiger partial charge in [0, 0.05) is 5.56 Å². The highest BCUT2D eigenvalue weighted by Crippen LogP contribution is 2.23. The molecule has 16 heavy (non-hydrogen) atoms. The minimum absolute atomic E-state index is 0.0878. The van der Waals surface area contributed by atoms with Crippen molar-refractivity contribution >= 4 is 5.78 Å². The molecule has 0 fully saturated rings. The Balaban J connectivity index is 2.68. The van der Waals surface area contributed by atoms with Crippen LogP contribution in [0.15, 0.2) is 42.5 Å². The third-order valence-electron chi connectivity index (χ3n) is 2.64. The van der Waals surface area contributed by atoms with Crippen LogP contribution >= 0.6 is 0 Å². The first-order chi connectivity index (χ1) is 7.55. The molecule has 1 aromatic rings. The van der Waals surface area contributed by atoms with Gasteiger partial charge in [0.25, 0.3) is 0 Å². The average molecular weight is 216 g/mol. The second-order valence-corrected chi connectivity index (χ2v) is 4.80. The standard InChI is InChI=1S/C15H20O/c1-4-11-15(2,3)12-10-14(16)13-8-6-5-7-9-13/h5-10,12H,4,11H2,1-3H3/b12-10+. The summed E-state index contributed by atoms with van der Waals surface area (Å²) in [5, 5.41) is 0. The van der Waals surface area contributed by atoms with Gasteiger partial charge in [-0.25, -0.2) is 0 Å². The van der Waals surface area contributed by atoms with E-state index in [0.29, 0.717) is 0 Å². The van der Waals surface area contributed by atoms with Crippen LogP contribution in [0.2, 0.25) is 0 Å². The predicted octanol–water partition coefficient (Wildman–Crippen LogP) is 4.25. The van der Waals surface area contributed by atoms with Crippen LogP contribution in [0.4, 0.5) is 0 Å². The lowest BCUT2D eigenvalue weighted by atomic mass is 9.87. The van der Waals surface area contributed by atoms with Gasteiger partial charge < -0.3 is 0 Å². The largest absolute Gasteiger partial charge is 0.289 e. The molecule has 0 aliphatic rings. The predicted molar refractivity (Wildman–Crippen MR) is 68.6 cm³/mol. The quantitative estimate of drug-likeness (QED) is 0.531. The Bertz CT molecular complexity index is 360. The van der Waals surface area contributed by atoms with Crippen LogP contribution in [0.25, 0.3) is 0 Å². The molecule has 0 aliphatic heterocycles. The Labute approximate surface area is 98.2 Å². The van der Waals surface area contributed by atoms with Crippen molar-refractivity contribution in [1.29, 1.82) is 0 Å². The van der Waals surface area contributed by atoms with Gasteiger partial charge in [0.15, 0.2) is 5.78 Å². The molecule has 0 radical (unpaired) electrons. The van der Waals surface area contributed by atoms with Crippen molar-refractivity contribution in [3.8, 4) is 0 Å². The maximum absolute atomic E-state index is 11.8. The summed E-state index contributed by atoms with van der Waals surface area (Å²) < 4.78 is 0. The normalized spacial score (nSPS) is 11.9. The fourth-order valence-electron chi connectivity index (χ4n) is 1.73. The molecule has 1 aromatic carbocycles. The van der Waals surface area contributed by atoms with Gasteiger partial charge in [0.2, 0.25) is 0 Å². The van der Waals surface area contributed by atoms with Crippen molar-refractivity contribution in [1.82, 2.24) is 0 Å². The Morgan fingerprint density at radius 1 is 1.25 bits per heavy atom. The monoisotopic (exact) mass is 216 g/mol. The summed E-state index contributed by atoms with van der Waals surface area (Å²) in [5.74, 6) is 0.0878. The molecule has 0 aliphatic carbocycles. The number of carbonyl (C=O) groups is 1. The summed E-state index contributed by atoms with van der Waals surface area (Å²) in [5.41, 5.74) is 0.866. The maximum atomic E-state index is 11.8. The number of rotatable bonds is 5. The van der Waals surface area contributed by atoms with Crippen molar-refractivity contribution in [2.24, 2.45) is 5.41 Å². The van der Waals surface area contributed by atoms with E-state index >= 15 is 0 Å². The number of carbonyl (C=O) groups excluding carboxylic acids is 1. The van der Waals surface area contributed by atoms with Gasteiger partial charge in [-0.1, -0.05) is 63.6 Å². The molecule has 0 bridgehead atoms. The Morgan fingerprint density at radius 3 is 2.44 bits per heavy atom. The van der Waals surface area contributed by atoms with Gasteiger partial charge in [0.05, 0.1) is 0 Å². The Kier molecular flexibility index (Phi) is 4.48. The van der Waals surface area contributed by atoms with Crippen LogP contribution in [-0.2, 0) is 0 Å². The second-order valence-electron chi connectivity index (χ2n) is 4.80. The molecule has 1 heteroatoms. The van der Waals surface area contributed by atoms with E-state index in [4.69, 9.17) is 0 Å². The van der Waals surface area contributed by atoms with Crippen LogP contribution in [0.1, 0.15) is 44.0 Å². The SMILES string of the molecule is CCCC(C)(C)/C=C/C(=O)c1ccccc1. The summed E-state index contributed by atoms with van der Waals surface area (Å²) in [6, 6.07) is 9.39. The van der Waals surface area contributed by atoms with E-state index in [1.54, 1.807) is 6.08 Å². The minimum Gasteiger partial charge on any atom is -0.289 e. The van der Waals surface area contributed by atoms with E-state index in [9.17, 15) is 4.79 Å². The van der Waals surface area contributed by atoms with Gasteiger partial charge in [-0.05, 0) is 17.9 Å². The fraction of sp³-hybridized carbons (Fsp3) is 0.400. The third kappa shape index (κ3) is 4.01. The smallest absolute Gasteiger partial charge is 0.185 e. The summed E-state index contributed by atoms with van der Waals surface area (Å²) in [4.78, 5) is 11.8. The number of hydrogen-bond donors (Lipinski definition) is 0. The van der Waals surface area contributed by atoms with Crippen molar-refractivity contribution < 1.29 is 4.79 Å². The van der Waals surface area contributed by atoms with Crippen LogP contribution < -0.4 is 0 Å². The summed E-state index contributed by atoms with van der Waals surface area (Å²) in [6.45, 7) is 6.48. The Morgan fingerprint density at radius 2 is 1.88 bits per heavy atom. The zero-order valence-electron chi connectivity index (χ0n) is 10.4. The van der Waals surface area contributed by atoms with E-state index in [-0.39, 0.29) is 11.2 Å². The topological polar surface area (TPSA) is 17.1 Å². The minimum atomic E-state index is 0.0878. The van der Waals surface area contributed by atoms with Crippen molar-refractivity contribution in [2.75, 3.05) is 0 Å². The number of benzene rings is 1. The highest BCUT2D eigenvalue weighted by atomic mass is 16.1. The number of ketones is 1.